The average molecular weight is 680 g/mol. The van der Waals surface area contributed by atoms with Gasteiger partial charge in [-0.1, -0.05) is 31.2 Å². The lowest BCUT2D eigenvalue weighted by Gasteiger charge is -2.33. The smallest absolute Gasteiger partial charge is 0.236 e. The molecule has 7 rings (SSSR count). The molecule has 0 saturated carbocycles. The molecule has 12 heteroatoms. The van der Waals surface area contributed by atoms with Crippen LogP contribution in [0.2, 0.25) is 0 Å². The minimum Gasteiger partial charge on any atom is -0.488 e. The van der Waals surface area contributed by atoms with Crippen LogP contribution in [0, 0.1) is 11.7 Å². The van der Waals surface area contributed by atoms with E-state index in [1.807, 2.05) is 6.07 Å². The number of piperidine rings is 1. The summed E-state index contributed by atoms with van der Waals surface area (Å²) in [6, 6.07) is 20.2. The van der Waals surface area contributed by atoms with E-state index in [1.165, 1.54) is 24.1 Å². The van der Waals surface area contributed by atoms with Crippen molar-refractivity contribution >= 4 is 28.9 Å². The number of nitrogens with one attached hydrogen (secondary N) is 2. The van der Waals surface area contributed by atoms with E-state index < -0.39 is 5.82 Å². The summed E-state index contributed by atoms with van der Waals surface area (Å²) in [6.07, 6.45) is 7.45. The zero-order chi connectivity index (χ0) is 34.9. The van der Waals surface area contributed by atoms with Crippen molar-refractivity contribution in [2.45, 2.75) is 32.1 Å². The molecular formula is C38H42FN7O4. The fraction of sp³-hybridized carbons (Fsp3) is 0.342. The number of H-pyrrole nitrogens is 1. The van der Waals surface area contributed by atoms with Crippen molar-refractivity contribution in [2.24, 2.45) is 5.92 Å². The number of hydrogen-bond acceptors (Lipinski definition) is 8. The van der Waals surface area contributed by atoms with Crippen molar-refractivity contribution in [3.05, 3.63) is 90.5 Å². The van der Waals surface area contributed by atoms with Gasteiger partial charge in [-0.05, 0) is 85.7 Å². The minimum absolute atomic E-state index is 0.00902. The van der Waals surface area contributed by atoms with Gasteiger partial charge in [0, 0.05) is 54.2 Å². The Morgan fingerprint density at radius 1 is 1.02 bits per heavy atom. The van der Waals surface area contributed by atoms with Crippen molar-refractivity contribution < 1.29 is 23.8 Å². The molecule has 11 nitrogen and oxygen atoms in total. The number of fused-ring (bicyclic) bond motifs is 1. The highest BCUT2D eigenvalue weighted by Gasteiger charge is 2.27. The molecule has 0 aliphatic carbocycles. The maximum absolute atomic E-state index is 13.7. The Morgan fingerprint density at radius 3 is 2.48 bits per heavy atom. The van der Waals surface area contributed by atoms with E-state index in [1.54, 1.807) is 36.7 Å². The molecule has 2 saturated heterocycles. The lowest BCUT2D eigenvalue weighted by molar-refractivity contribution is -0.133. The Hall–Kier alpha value is -5.20. The van der Waals surface area contributed by atoms with Crippen LogP contribution in [-0.4, -0.2) is 93.3 Å². The molecule has 2 aliphatic rings. The Balaban J connectivity index is 0.000000175. The highest BCUT2D eigenvalue weighted by Crippen LogP contribution is 2.32. The molecule has 3 N–H and O–H groups in total. The predicted molar refractivity (Wildman–Crippen MR) is 190 cm³/mol. The Labute approximate surface area is 290 Å². The largest absolute Gasteiger partial charge is 0.488 e. The third kappa shape index (κ3) is 8.50. The van der Waals surface area contributed by atoms with Gasteiger partial charge in [0.05, 0.1) is 18.7 Å². The van der Waals surface area contributed by atoms with Crippen LogP contribution < -0.4 is 10.1 Å². The number of rotatable bonds is 10. The summed E-state index contributed by atoms with van der Waals surface area (Å²) in [4.78, 5) is 36.1. The normalized spacial score (nSPS) is 16.5. The zero-order valence-electron chi connectivity index (χ0n) is 28.1. The molecule has 2 aromatic heterocycles. The van der Waals surface area contributed by atoms with E-state index in [4.69, 9.17) is 9.84 Å². The van der Waals surface area contributed by atoms with Gasteiger partial charge in [0.15, 0.2) is 17.4 Å². The second kappa shape index (κ2) is 16.5. The second-order valence-electron chi connectivity index (χ2n) is 12.8. The number of amides is 2. The van der Waals surface area contributed by atoms with Gasteiger partial charge < -0.3 is 20.1 Å². The molecule has 260 valence electrons. The molecule has 0 radical (unpaired) electrons. The topological polar surface area (TPSA) is 137 Å². The van der Waals surface area contributed by atoms with E-state index in [0.29, 0.717) is 41.7 Å². The van der Waals surface area contributed by atoms with E-state index >= 15 is 0 Å². The molecule has 0 spiro atoms. The van der Waals surface area contributed by atoms with E-state index in [9.17, 15) is 14.0 Å². The van der Waals surface area contributed by atoms with Gasteiger partial charge in [0.1, 0.15) is 12.3 Å². The number of ether oxygens (including phenoxy) is 1. The van der Waals surface area contributed by atoms with E-state index in [0.717, 1.165) is 67.2 Å². The third-order valence-electron chi connectivity index (χ3n) is 9.26. The van der Waals surface area contributed by atoms with Crippen LogP contribution in [0.1, 0.15) is 37.7 Å². The lowest BCUT2D eigenvalue weighted by Crippen LogP contribution is -2.43. The number of carbonyl (C=O) groups is 2. The first-order valence-electron chi connectivity index (χ1n) is 17.0. The molecule has 3 aromatic carbocycles. The van der Waals surface area contributed by atoms with Gasteiger partial charge >= 0.3 is 0 Å². The van der Waals surface area contributed by atoms with Gasteiger partial charge in [-0.3, -0.25) is 19.6 Å². The van der Waals surface area contributed by atoms with Crippen LogP contribution in [0.5, 0.6) is 5.75 Å². The number of benzene rings is 3. The van der Waals surface area contributed by atoms with Crippen molar-refractivity contribution in [2.75, 3.05) is 51.3 Å². The fourth-order valence-electron chi connectivity index (χ4n) is 6.58. The number of likely N-dealkylation sites (tertiary alicyclic amines) is 2. The maximum atomic E-state index is 13.7. The number of hydrogen-bond donors (Lipinski definition) is 3. The molecule has 2 fully saturated rings. The third-order valence-corrected chi connectivity index (χ3v) is 9.26. The average Bonchev–Trinajstić information content (AvgIpc) is 3.77. The Morgan fingerprint density at radius 2 is 1.78 bits per heavy atom. The molecular weight excluding hydrogens is 637 g/mol. The Kier molecular flexibility index (Phi) is 11.4. The number of aromatic amines is 1. The summed E-state index contributed by atoms with van der Waals surface area (Å²) >= 11 is 0. The number of nitrogens with zero attached hydrogens (tertiary/aromatic N) is 5. The maximum Gasteiger partial charge on any atom is 0.236 e. The molecule has 50 heavy (non-hydrogen) atoms. The standard InChI is InChI=1S/C22H28N4O.C16H14FN3O3/c1-17-7-12-25(15-17)16-21(27)26-13-8-19(9-14-26)18-3-5-20(6-4-18)22-23-10-2-11-24-22;17-13-3-1-10(7-15(13)23-6-5-21)16-12-8-11(18-9-22)2-4-14(12)19-20-16/h2-6,10-11,17,19H,7-9,12-16H2,1H3;1-4,7-9,21H,5-6H2,(H,18,22)(H,19,20). The fourth-order valence-corrected chi connectivity index (χ4v) is 6.58. The van der Waals surface area contributed by atoms with Crippen molar-refractivity contribution in [1.29, 1.82) is 0 Å². The number of aliphatic hydroxyl groups excluding tert-OH is 1. The van der Waals surface area contributed by atoms with Gasteiger partial charge in [0.2, 0.25) is 12.3 Å². The van der Waals surface area contributed by atoms with Crippen molar-refractivity contribution in [3.8, 4) is 28.4 Å². The number of anilines is 1. The number of aromatic nitrogens is 4. The lowest BCUT2D eigenvalue weighted by atomic mass is 9.89. The molecule has 2 aliphatic heterocycles. The van der Waals surface area contributed by atoms with Gasteiger partial charge in [0.25, 0.3) is 0 Å². The molecule has 5 aromatic rings. The zero-order valence-corrected chi connectivity index (χ0v) is 28.1. The van der Waals surface area contributed by atoms with E-state index in [2.05, 4.69) is 66.5 Å². The molecule has 0 bridgehead atoms. The summed E-state index contributed by atoms with van der Waals surface area (Å²) < 4.78 is 18.9. The molecule has 1 atom stereocenters. The van der Waals surface area contributed by atoms with Crippen LogP contribution in [-0.2, 0) is 9.59 Å². The van der Waals surface area contributed by atoms with Gasteiger partial charge in [-0.2, -0.15) is 5.10 Å². The first-order chi connectivity index (χ1) is 24.4. The SMILES string of the molecule is CC1CCN(CC(=O)N2CCC(c3ccc(-c4ncccn4)cc3)CC2)C1.O=CNc1ccc2[nH]nc(-c3ccc(F)c(OCCO)c3)c2c1. The first-order valence-corrected chi connectivity index (χ1v) is 17.0. The monoisotopic (exact) mass is 679 g/mol. The number of halogens is 1. The van der Waals surface area contributed by atoms with Gasteiger partial charge in [-0.25, -0.2) is 14.4 Å². The summed E-state index contributed by atoms with van der Waals surface area (Å²) in [5.41, 5.74) is 5.10. The quantitative estimate of drug-likeness (QED) is 0.165. The van der Waals surface area contributed by atoms with Crippen molar-refractivity contribution in [1.82, 2.24) is 30.0 Å². The molecule has 4 heterocycles. The van der Waals surface area contributed by atoms with Crippen LogP contribution in [0.3, 0.4) is 0 Å². The number of aliphatic hydroxyl groups is 1. The summed E-state index contributed by atoms with van der Waals surface area (Å²) in [6.45, 7) is 6.56. The number of carbonyl (C=O) groups excluding carboxylic acids is 2. The summed E-state index contributed by atoms with van der Waals surface area (Å²) in [7, 11) is 0. The first kappa shape index (κ1) is 34.7. The van der Waals surface area contributed by atoms with Crippen molar-refractivity contribution in [3.63, 3.8) is 0 Å². The Bertz CT molecular complexity index is 1880. The molecule has 2 amide bonds. The summed E-state index contributed by atoms with van der Waals surface area (Å²) in [5.74, 6) is 1.87. The van der Waals surface area contributed by atoms with Crippen LogP contribution in [0.15, 0.2) is 79.1 Å². The highest BCUT2D eigenvalue weighted by molar-refractivity contribution is 5.96. The van der Waals surface area contributed by atoms with Crippen LogP contribution >= 0.6 is 0 Å². The van der Waals surface area contributed by atoms with E-state index in [-0.39, 0.29) is 19.0 Å². The van der Waals surface area contributed by atoms with Crippen LogP contribution in [0.4, 0.5) is 10.1 Å². The summed E-state index contributed by atoms with van der Waals surface area (Å²) in [5, 5.41) is 19.3. The minimum atomic E-state index is -0.509. The van der Waals surface area contributed by atoms with Gasteiger partial charge in [-0.15, -0.1) is 0 Å². The second-order valence-corrected chi connectivity index (χ2v) is 12.8. The van der Waals surface area contributed by atoms with Crippen LogP contribution in [0.25, 0.3) is 33.5 Å². The highest BCUT2D eigenvalue weighted by atomic mass is 19.1. The predicted octanol–water partition coefficient (Wildman–Crippen LogP) is 5.50. The molecule has 1 unspecified atom stereocenters.